The first-order valence-electron chi connectivity index (χ1n) is 7.54. The fourth-order valence-corrected chi connectivity index (χ4v) is 2.50. The van der Waals surface area contributed by atoms with E-state index < -0.39 is 0 Å². The number of nitrogens with one attached hydrogen (secondary N) is 1. The van der Waals surface area contributed by atoms with Crippen molar-refractivity contribution in [1.29, 1.82) is 0 Å². The van der Waals surface area contributed by atoms with Crippen LogP contribution in [0.2, 0.25) is 5.02 Å². The molecule has 0 fully saturated rings. The first-order valence-corrected chi connectivity index (χ1v) is 7.92. The Labute approximate surface area is 136 Å². The molecule has 0 spiro atoms. The van der Waals surface area contributed by atoms with Crippen LogP contribution in [0.5, 0.6) is 0 Å². The van der Waals surface area contributed by atoms with Crippen LogP contribution < -0.4 is 10.6 Å². The van der Waals surface area contributed by atoms with Crippen LogP contribution in [0.15, 0.2) is 54.6 Å². The zero-order valence-corrected chi connectivity index (χ0v) is 13.5. The number of carbonyl (C=O) groups is 1. The summed E-state index contributed by atoms with van der Waals surface area (Å²) in [5.41, 5.74) is 2.36. The maximum atomic E-state index is 11.9. The van der Waals surface area contributed by atoms with Crippen LogP contribution in [0, 0.1) is 0 Å². The van der Waals surface area contributed by atoms with Gasteiger partial charge in [-0.3, -0.25) is 4.79 Å². The van der Waals surface area contributed by atoms with Crippen molar-refractivity contribution in [3.63, 3.8) is 0 Å². The highest BCUT2D eigenvalue weighted by Gasteiger charge is 2.10. The Morgan fingerprint density at radius 2 is 1.95 bits per heavy atom. The summed E-state index contributed by atoms with van der Waals surface area (Å²) in [4.78, 5) is 11.9. The quantitative estimate of drug-likeness (QED) is 0.809. The maximum Gasteiger partial charge on any atom is 0.275 e. The Hall–Kier alpha value is -1.84. The lowest BCUT2D eigenvalue weighted by atomic mass is 10.1. The monoisotopic (exact) mass is 317 g/mol. The molecular formula is C18H22ClN2O+. The van der Waals surface area contributed by atoms with Gasteiger partial charge in [-0.2, -0.15) is 0 Å². The lowest BCUT2D eigenvalue weighted by Gasteiger charge is -2.11. The Bertz CT molecular complexity index is 601. The highest BCUT2D eigenvalue weighted by Crippen LogP contribution is 2.10. The molecule has 22 heavy (non-hydrogen) atoms. The third-order valence-corrected chi connectivity index (χ3v) is 3.84. The van der Waals surface area contributed by atoms with Crippen molar-refractivity contribution in [2.24, 2.45) is 0 Å². The van der Waals surface area contributed by atoms with E-state index in [0.29, 0.717) is 13.1 Å². The van der Waals surface area contributed by atoms with E-state index in [9.17, 15) is 4.79 Å². The molecule has 2 aromatic carbocycles. The minimum Gasteiger partial charge on any atom is -0.351 e. The number of quaternary nitrogens is 1. The average molecular weight is 318 g/mol. The van der Waals surface area contributed by atoms with Gasteiger partial charge in [0.15, 0.2) is 6.54 Å². The highest BCUT2D eigenvalue weighted by atomic mass is 35.5. The summed E-state index contributed by atoms with van der Waals surface area (Å²) in [6, 6.07) is 18.2. The predicted octanol–water partition coefficient (Wildman–Crippen LogP) is 2.32. The van der Waals surface area contributed by atoms with E-state index in [1.807, 2.05) is 47.8 Å². The Kier molecular flexibility index (Phi) is 6.44. The zero-order valence-electron chi connectivity index (χ0n) is 12.8. The molecule has 3 nitrogen and oxygen atoms in total. The first-order chi connectivity index (χ1) is 10.6. The second-order valence-electron chi connectivity index (χ2n) is 5.37. The van der Waals surface area contributed by atoms with E-state index in [-0.39, 0.29) is 11.9 Å². The van der Waals surface area contributed by atoms with Gasteiger partial charge in [-0.25, -0.2) is 0 Å². The molecule has 0 heterocycles. The summed E-state index contributed by atoms with van der Waals surface area (Å²) in [6.07, 6.45) is 0.792. The number of carbonyl (C=O) groups excluding carboxylic acids is 1. The average Bonchev–Trinajstić information content (AvgIpc) is 2.53. The highest BCUT2D eigenvalue weighted by molar-refractivity contribution is 6.30. The Morgan fingerprint density at radius 3 is 2.68 bits per heavy atom. The van der Waals surface area contributed by atoms with Crippen molar-refractivity contribution in [2.75, 3.05) is 13.1 Å². The number of hydrogen-bond donors (Lipinski definition) is 2. The molecule has 0 aliphatic heterocycles. The van der Waals surface area contributed by atoms with E-state index >= 15 is 0 Å². The molecule has 0 unspecified atom stereocenters. The second kappa shape index (κ2) is 8.57. The van der Waals surface area contributed by atoms with E-state index in [4.69, 9.17) is 11.6 Å². The van der Waals surface area contributed by atoms with Gasteiger partial charge in [0.25, 0.3) is 5.91 Å². The van der Waals surface area contributed by atoms with Gasteiger partial charge >= 0.3 is 0 Å². The number of amides is 1. The van der Waals surface area contributed by atoms with Gasteiger partial charge in [0.05, 0.1) is 0 Å². The molecule has 0 saturated heterocycles. The van der Waals surface area contributed by atoms with Crippen LogP contribution in [-0.2, 0) is 11.2 Å². The Morgan fingerprint density at radius 1 is 1.18 bits per heavy atom. The van der Waals surface area contributed by atoms with E-state index in [1.165, 1.54) is 5.56 Å². The topological polar surface area (TPSA) is 45.7 Å². The van der Waals surface area contributed by atoms with Crippen molar-refractivity contribution in [2.45, 2.75) is 19.4 Å². The predicted molar refractivity (Wildman–Crippen MR) is 89.8 cm³/mol. The van der Waals surface area contributed by atoms with Crippen molar-refractivity contribution in [1.82, 2.24) is 5.32 Å². The number of nitrogens with two attached hydrogens (primary N) is 1. The van der Waals surface area contributed by atoms with E-state index in [1.54, 1.807) is 0 Å². The van der Waals surface area contributed by atoms with Crippen molar-refractivity contribution in [3.8, 4) is 0 Å². The normalized spacial score (nSPS) is 11.9. The lowest BCUT2D eigenvalue weighted by molar-refractivity contribution is -0.682. The largest absolute Gasteiger partial charge is 0.351 e. The van der Waals surface area contributed by atoms with Crippen molar-refractivity contribution < 1.29 is 10.1 Å². The first kappa shape index (κ1) is 16.5. The van der Waals surface area contributed by atoms with Crippen molar-refractivity contribution >= 4 is 17.5 Å². The Balaban J connectivity index is 1.68. The molecule has 2 aromatic rings. The van der Waals surface area contributed by atoms with Crippen LogP contribution >= 0.6 is 11.6 Å². The summed E-state index contributed by atoms with van der Waals surface area (Å²) in [6.45, 7) is 3.17. The van der Waals surface area contributed by atoms with Crippen LogP contribution in [-0.4, -0.2) is 19.0 Å². The summed E-state index contributed by atoms with van der Waals surface area (Å²) in [7, 11) is 0. The molecule has 4 heteroatoms. The number of benzene rings is 2. The molecule has 1 atom stereocenters. The molecule has 2 rings (SSSR count). The third-order valence-electron chi connectivity index (χ3n) is 3.61. The van der Waals surface area contributed by atoms with E-state index in [2.05, 4.69) is 24.4 Å². The zero-order chi connectivity index (χ0) is 15.8. The van der Waals surface area contributed by atoms with Crippen LogP contribution in [0.1, 0.15) is 24.1 Å². The summed E-state index contributed by atoms with van der Waals surface area (Å²) in [5.74, 6) is 0.0600. The molecule has 3 N–H and O–H groups in total. The molecule has 0 saturated carbocycles. The van der Waals surface area contributed by atoms with Gasteiger partial charge in [0.1, 0.15) is 6.04 Å². The summed E-state index contributed by atoms with van der Waals surface area (Å²) >= 11 is 5.94. The minimum atomic E-state index is 0.0600. The van der Waals surface area contributed by atoms with Gasteiger partial charge in [-0.15, -0.1) is 0 Å². The van der Waals surface area contributed by atoms with Gasteiger partial charge in [0, 0.05) is 17.1 Å². The van der Waals surface area contributed by atoms with Crippen LogP contribution in [0.4, 0.5) is 0 Å². The van der Waals surface area contributed by atoms with Gasteiger partial charge in [0.2, 0.25) is 0 Å². The standard InChI is InChI=1S/C18H21ClN2O/c1-14(16-7-3-2-4-8-16)21-13-18(22)20-11-10-15-6-5-9-17(19)12-15/h2-9,12,14,21H,10-11,13H2,1H3,(H,20,22)/p+1/t14-/m0/s1. The van der Waals surface area contributed by atoms with Crippen molar-refractivity contribution in [3.05, 3.63) is 70.7 Å². The molecule has 0 bridgehead atoms. The number of rotatable bonds is 7. The smallest absolute Gasteiger partial charge is 0.275 e. The second-order valence-corrected chi connectivity index (χ2v) is 5.81. The molecule has 0 aliphatic carbocycles. The molecule has 0 aliphatic rings. The fourth-order valence-electron chi connectivity index (χ4n) is 2.29. The van der Waals surface area contributed by atoms with E-state index in [0.717, 1.165) is 17.0 Å². The van der Waals surface area contributed by atoms with Crippen LogP contribution in [0.25, 0.3) is 0 Å². The lowest BCUT2D eigenvalue weighted by Crippen LogP contribution is -2.87. The minimum absolute atomic E-state index is 0.0600. The fraction of sp³-hybridized carbons (Fsp3) is 0.278. The van der Waals surface area contributed by atoms with Crippen LogP contribution in [0.3, 0.4) is 0 Å². The molecular weight excluding hydrogens is 296 g/mol. The number of hydrogen-bond acceptors (Lipinski definition) is 1. The summed E-state index contributed by atoms with van der Waals surface area (Å²) in [5, 5.41) is 5.72. The van der Waals surface area contributed by atoms with Gasteiger partial charge < -0.3 is 10.6 Å². The molecule has 0 aromatic heterocycles. The van der Waals surface area contributed by atoms with Gasteiger partial charge in [-0.05, 0) is 31.0 Å². The number of halogens is 1. The van der Waals surface area contributed by atoms with Gasteiger partial charge in [-0.1, -0.05) is 54.1 Å². The summed E-state index contributed by atoms with van der Waals surface area (Å²) < 4.78 is 0. The molecule has 0 radical (unpaired) electrons. The SMILES string of the molecule is C[C@H]([NH2+]CC(=O)NCCc1cccc(Cl)c1)c1ccccc1. The third kappa shape index (κ3) is 5.51. The molecule has 1 amide bonds. The maximum absolute atomic E-state index is 11.9. The molecule has 116 valence electrons.